The molecule has 0 aliphatic heterocycles. The Hall–Kier alpha value is -4.72. The molecule has 39 heavy (non-hydrogen) atoms. The van der Waals surface area contributed by atoms with Crippen LogP contribution < -0.4 is 21.9 Å². The second-order valence-electron chi connectivity index (χ2n) is 10.4. The number of amides is 2. The van der Waals surface area contributed by atoms with E-state index in [1.54, 1.807) is 30.3 Å². The van der Waals surface area contributed by atoms with Gasteiger partial charge in [-0.15, -0.1) is 0 Å². The highest BCUT2D eigenvalue weighted by molar-refractivity contribution is 5.99. The third-order valence-electron chi connectivity index (χ3n) is 6.28. The zero-order valence-corrected chi connectivity index (χ0v) is 22.5. The summed E-state index contributed by atoms with van der Waals surface area (Å²) in [5.74, 6) is -0.944. The number of hydrogen-bond acceptors (Lipinski definition) is 4. The minimum atomic E-state index is -0.581. The van der Waals surface area contributed by atoms with Crippen molar-refractivity contribution in [1.29, 1.82) is 0 Å². The highest BCUT2D eigenvalue weighted by Gasteiger charge is 2.23. The van der Waals surface area contributed by atoms with E-state index in [9.17, 15) is 19.2 Å². The number of carbonyl (C=O) groups is 2. The fraction of sp³-hybridized carbons (Fsp3) is 0.226. The third kappa shape index (κ3) is 6.41. The number of rotatable bonds is 7. The average Bonchev–Trinajstić information content (AvgIpc) is 2.90. The highest BCUT2D eigenvalue weighted by atomic mass is 16.2. The van der Waals surface area contributed by atoms with Crippen LogP contribution in [0.2, 0.25) is 0 Å². The van der Waals surface area contributed by atoms with Gasteiger partial charge >= 0.3 is 5.69 Å². The lowest BCUT2D eigenvalue weighted by molar-refractivity contribution is -0.115. The van der Waals surface area contributed by atoms with Gasteiger partial charge in [0.05, 0.1) is 18.8 Å². The second-order valence-corrected chi connectivity index (χ2v) is 10.4. The summed E-state index contributed by atoms with van der Waals surface area (Å²) in [6.07, 6.45) is 0. The van der Waals surface area contributed by atoms with Crippen LogP contribution in [0.1, 0.15) is 47.8 Å². The molecule has 0 aliphatic carbocycles. The number of hydrogen-bond donors (Lipinski definition) is 2. The van der Waals surface area contributed by atoms with Crippen molar-refractivity contribution >= 4 is 17.6 Å². The Labute approximate surface area is 226 Å². The first kappa shape index (κ1) is 27.3. The Morgan fingerprint density at radius 1 is 0.846 bits per heavy atom. The molecule has 0 bridgehead atoms. The fourth-order valence-electron chi connectivity index (χ4n) is 4.35. The number of benzene rings is 3. The van der Waals surface area contributed by atoms with E-state index in [4.69, 9.17) is 0 Å². The molecule has 1 heterocycles. The maximum Gasteiger partial charge on any atom is 0.337 e. The molecule has 0 aliphatic rings. The molecule has 4 rings (SSSR count). The monoisotopic (exact) mass is 524 g/mol. The van der Waals surface area contributed by atoms with Gasteiger partial charge in [0.1, 0.15) is 5.82 Å². The van der Waals surface area contributed by atoms with E-state index in [1.807, 2.05) is 76.2 Å². The number of para-hydroxylation sites is 1. The largest absolute Gasteiger partial charge is 0.343 e. The lowest BCUT2D eigenvalue weighted by Gasteiger charge is -2.25. The van der Waals surface area contributed by atoms with Crippen molar-refractivity contribution in [3.63, 3.8) is 0 Å². The Morgan fingerprint density at radius 3 is 2.23 bits per heavy atom. The number of aromatic nitrogens is 2. The van der Waals surface area contributed by atoms with Crippen molar-refractivity contribution in [2.75, 3.05) is 11.9 Å². The van der Waals surface area contributed by atoms with Crippen molar-refractivity contribution in [3.8, 4) is 5.69 Å². The van der Waals surface area contributed by atoms with Gasteiger partial charge in [0.25, 0.3) is 11.5 Å². The van der Waals surface area contributed by atoms with Crippen LogP contribution in [0.3, 0.4) is 0 Å². The van der Waals surface area contributed by atoms with Gasteiger partial charge in [0.15, 0.2) is 0 Å². The van der Waals surface area contributed by atoms with Crippen molar-refractivity contribution in [3.05, 3.63) is 128 Å². The Balaban J connectivity index is 1.72. The van der Waals surface area contributed by atoms with Crippen molar-refractivity contribution in [2.45, 2.75) is 39.7 Å². The smallest absolute Gasteiger partial charge is 0.337 e. The number of nitrogens with one attached hydrogen (secondary N) is 2. The normalized spacial score (nSPS) is 11.2. The predicted octanol–water partition coefficient (Wildman–Crippen LogP) is 4.02. The maximum absolute atomic E-state index is 13.9. The van der Waals surface area contributed by atoms with Crippen LogP contribution in [-0.4, -0.2) is 27.5 Å². The first-order chi connectivity index (χ1) is 18.5. The zero-order valence-electron chi connectivity index (χ0n) is 22.5. The molecule has 2 amide bonds. The molecule has 0 atom stereocenters. The van der Waals surface area contributed by atoms with E-state index < -0.39 is 23.1 Å². The standard InChI is InChI=1S/C31H32N4O4/c1-21-11-10-14-23(17-21)29(38)32-19-27(36)33-26-18-28(37)34(20-22-12-6-5-7-13-22)30(39)35(26)25-16-9-8-15-24(25)31(2,3)4/h5-18H,19-20H2,1-4H3,(H,32,38)(H,33,36). The molecule has 8 heteroatoms. The molecule has 0 fully saturated rings. The zero-order chi connectivity index (χ0) is 28.2. The van der Waals surface area contributed by atoms with Gasteiger partial charge in [-0.1, -0.05) is 87.0 Å². The molecule has 1 aromatic heterocycles. The quantitative estimate of drug-likeness (QED) is 0.381. The summed E-state index contributed by atoms with van der Waals surface area (Å²) in [5, 5.41) is 5.27. The molecule has 0 unspecified atom stereocenters. The average molecular weight is 525 g/mol. The van der Waals surface area contributed by atoms with E-state index in [-0.39, 0.29) is 24.3 Å². The molecular weight excluding hydrogens is 492 g/mol. The van der Waals surface area contributed by atoms with Crippen molar-refractivity contribution < 1.29 is 9.59 Å². The van der Waals surface area contributed by atoms with Crippen LogP contribution in [0.25, 0.3) is 5.69 Å². The van der Waals surface area contributed by atoms with Gasteiger partial charge in [0, 0.05) is 11.6 Å². The first-order valence-electron chi connectivity index (χ1n) is 12.7. The molecule has 0 saturated carbocycles. The Bertz CT molecular complexity index is 1630. The Kier molecular flexibility index (Phi) is 7.95. The van der Waals surface area contributed by atoms with Crippen LogP contribution in [0, 0.1) is 6.92 Å². The summed E-state index contributed by atoms with van der Waals surface area (Å²) in [4.78, 5) is 52.4. The maximum atomic E-state index is 13.9. The van der Waals surface area contributed by atoms with Crippen LogP contribution >= 0.6 is 0 Å². The van der Waals surface area contributed by atoms with E-state index >= 15 is 0 Å². The topological polar surface area (TPSA) is 102 Å². The predicted molar refractivity (Wildman–Crippen MR) is 153 cm³/mol. The molecule has 8 nitrogen and oxygen atoms in total. The van der Waals surface area contributed by atoms with Gasteiger partial charge in [-0.2, -0.15) is 0 Å². The summed E-state index contributed by atoms with van der Waals surface area (Å²) >= 11 is 0. The van der Waals surface area contributed by atoms with Crippen molar-refractivity contribution in [1.82, 2.24) is 14.5 Å². The molecular formula is C31H32N4O4. The molecule has 2 N–H and O–H groups in total. The molecule has 4 aromatic rings. The highest BCUT2D eigenvalue weighted by Crippen LogP contribution is 2.29. The summed E-state index contributed by atoms with van der Waals surface area (Å²) in [6, 6.07) is 24.9. The van der Waals surface area contributed by atoms with Gasteiger partial charge < -0.3 is 10.6 Å². The van der Waals surface area contributed by atoms with E-state index in [0.29, 0.717) is 11.3 Å². The molecule has 0 saturated heterocycles. The minimum absolute atomic E-state index is 0.0285. The summed E-state index contributed by atoms with van der Waals surface area (Å²) in [6.45, 7) is 7.69. The van der Waals surface area contributed by atoms with Gasteiger partial charge in [-0.3, -0.25) is 19.0 Å². The molecule has 3 aromatic carbocycles. The van der Waals surface area contributed by atoms with E-state index in [1.165, 1.54) is 10.6 Å². The number of anilines is 1. The summed E-state index contributed by atoms with van der Waals surface area (Å²) < 4.78 is 2.50. The second kappa shape index (κ2) is 11.3. The van der Waals surface area contributed by atoms with Crippen LogP contribution in [0.5, 0.6) is 0 Å². The van der Waals surface area contributed by atoms with Crippen LogP contribution in [-0.2, 0) is 16.8 Å². The number of nitrogens with zero attached hydrogens (tertiary/aromatic N) is 2. The molecule has 200 valence electrons. The van der Waals surface area contributed by atoms with Crippen LogP contribution in [0.4, 0.5) is 5.82 Å². The Morgan fingerprint density at radius 2 is 1.54 bits per heavy atom. The number of aryl methyl sites for hydroxylation is 1. The fourth-order valence-corrected chi connectivity index (χ4v) is 4.35. The van der Waals surface area contributed by atoms with E-state index in [2.05, 4.69) is 10.6 Å². The lowest BCUT2D eigenvalue weighted by atomic mass is 9.85. The third-order valence-corrected chi connectivity index (χ3v) is 6.28. The van der Waals surface area contributed by atoms with Gasteiger partial charge in [-0.25, -0.2) is 9.36 Å². The van der Waals surface area contributed by atoms with Crippen molar-refractivity contribution in [2.24, 2.45) is 0 Å². The minimum Gasteiger partial charge on any atom is -0.343 e. The van der Waals surface area contributed by atoms with E-state index in [0.717, 1.165) is 21.3 Å². The lowest BCUT2D eigenvalue weighted by Crippen LogP contribution is -2.42. The molecule has 0 spiro atoms. The summed E-state index contributed by atoms with van der Waals surface area (Å²) in [7, 11) is 0. The SMILES string of the molecule is Cc1cccc(C(=O)NCC(=O)Nc2cc(=O)n(Cc3ccccc3)c(=O)n2-c2ccccc2C(C)(C)C)c1. The number of carbonyl (C=O) groups excluding carboxylic acids is 2. The van der Waals surface area contributed by atoms with Gasteiger partial charge in [-0.05, 0) is 41.7 Å². The summed E-state index contributed by atoms with van der Waals surface area (Å²) in [5.41, 5.74) is 2.10. The van der Waals surface area contributed by atoms with Gasteiger partial charge in [0.2, 0.25) is 5.91 Å². The van der Waals surface area contributed by atoms with Crippen LogP contribution in [0.15, 0.2) is 94.5 Å². The first-order valence-corrected chi connectivity index (χ1v) is 12.7. The molecule has 0 radical (unpaired) electrons.